The summed E-state index contributed by atoms with van der Waals surface area (Å²) in [6, 6.07) is 0. The van der Waals surface area contributed by atoms with Gasteiger partial charge in [0, 0.05) is 10.6 Å². The second-order valence-electron chi connectivity index (χ2n) is 3.53. The average molecular weight is 158 g/mol. The van der Waals surface area contributed by atoms with Crippen LogP contribution in [0.2, 0.25) is 0 Å². The molecule has 0 saturated carbocycles. The first kappa shape index (κ1) is 7.95. The monoisotopic (exact) mass is 158 g/mol. The highest BCUT2D eigenvalue weighted by molar-refractivity contribution is 8.01. The van der Waals surface area contributed by atoms with Gasteiger partial charge in [-0.05, 0) is 24.3 Å². The molecule has 1 heterocycles. The van der Waals surface area contributed by atoms with Crippen molar-refractivity contribution in [3.63, 3.8) is 0 Å². The minimum atomic E-state index is 0.269. The van der Waals surface area contributed by atoms with Crippen molar-refractivity contribution in [3.05, 3.63) is 10.6 Å². The molecule has 10 heavy (non-hydrogen) atoms. The van der Waals surface area contributed by atoms with Crippen LogP contribution in [0, 0.1) is 5.41 Å². The number of rotatable bonds is 0. The quantitative estimate of drug-likeness (QED) is 0.527. The van der Waals surface area contributed by atoms with E-state index >= 15 is 0 Å². The van der Waals surface area contributed by atoms with Crippen LogP contribution in [-0.2, 0) is 0 Å². The maximum atomic E-state index is 3.07. The van der Waals surface area contributed by atoms with E-state index in [0.717, 1.165) is 0 Å². The summed E-state index contributed by atoms with van der Waals surface area (Å²) in [6.07, 6.45) is 0. The van der Waals surface area contributed by atoms with Gasteiger partial charge >= 0.3 is 0 Å². The molecular weight excluding hydrogens is 144 g/mol. The lowest BCUT2D eigenvalue weighted by atomic mass is 9.95. The van der Waals surface area contributed by atoms with Gasteiger partial charge in [0.2, 0.25) is 0 Å². The molecule has 0 spiro atoms. The molecule has 3 heteroatoms. The fourth-order valence-corrected chi connectivity index (χ4v) is 1.82. The zero-order valence-electron chi connectivity index (χ0n) is 6.91. The predicted octanol–water partition coefficient (Wildman–Crippen LogP) is 2.02. The van der Waals surface area contributed by atoms with Crippen molar-refractivity contribution < 1.29 is 0 Å². The molecule has 1 aliphatic rings. The fourth-order valence-electron chi connectivity index (χ4n) is 1.00. The third-order valence-corrected chi connectivity index (χ3v) is 2.74. The first-order valence-corrected chi connectivity index (χ1v) is 4.22. The Hall–Kier alpha value is -0.150. The Kier molecular flexibility index (Phi) is 1.97. The Morgan fingerprint density at radius 3 is 2.10 bits per heavy atom. The van der Waals surface area contributed by atoms with Crippen LogP contribution in [0.25, 0.3) is 0 Å². The van der Waals surface area contributed by atoms with Gasteiger partial charge in [-0.2, -0.15) is 4.83 Å². The highest BCUT2D eigenvalue weighted by Crippen LogP contribution is 2.36. The van der Waals surface area contributed by atoms with Crippen LogP contribution >= 0.6 is 11.9 Å². The van der Waals surface area contributed by atoms with E-state index in [1.165, 1.54) is 10.6 Å². The smallest absolute Gasteiger partial charge is 0.0354 e. The van der Waals surface area contributed by atoms with Crippen LogP contribution in [0.5, 0.6) is 0 Å². The summed E-state index contributed by atoms with van der Waals surface area (Å²) >= 11 is 1.68. The molecule has 0 aliphatic carbocycles. The molecule has 0 atom stereocenters. The van der Waals surface area contributed by atoms with E-state index in [2.05, 4.69) is 38.0 Å². The Balaban J connectivity index is 2.81. The minimum absolute atomic E-state index is 0.269. The molecule has 2 nitrogen and oxygen atoms in total. The maximum Gasteiger partial charge on any atom is 0.0354 e. The molecule has 0 aromatic carbocycles. The Labute approximate surface area is 66.6 Å². The van der Waals surface area contributed by atoms with Gasteiger partial charge in [-0.3, -0.25) is 0 Å². The van der Waals surface area contributed by atoms with E-state index in [4.69, 9.17) is 0 Å². The maximum absolute atomic E-state index is 3.07. The Bertz CT molecular complexity index is 167. The molecule has 0 fully saturated rings. The molecule has 1 aliphatic heterocycles. The predicted molar refractivity (Wildman–Crippen MR) is 46.0 cm³/mol. The van der Waals surface area contributed by atoms with Gasteiger partial charge in [-0.25, -0.2) is 0 Å². The van der Waals surface area contributed by atoms with Crippen LogP contribution in [0.4, 0.5) is 0 Å². The third-order valence-electron chi connectivity index (χ3n) is 1.41. The van der Waals surface area contributed by atoms with Gasteiger partial charge in [-0.1, -0.05) is 20.8 Å². The lowest BCUT2D eigenvalue weighted by Gasteiger charge is -2.18. The van der Waals surface area contributed by atoms with E-state index < -0.39 is 0 Å². The molecule has 0 radical (unpaired) electrons. The van der Waals surface area contributed by atoms with Crippen molar-refractivity contribution >= 4 is 11.9 Å². The molecule has 0 aromatic heterocycles. The summed E-state index contributed by atoms with van der Waals surface area (Å²) in [4.78, 5) is 4.42. The first-order valence-electron chi connectivity index (χ1n) is 3.41. The van der Waals surface area contributed by atoms with E-state index in [1.54, 1.807) is 11.9 Å². The second-order valence-corrected chi connectivity index (χ2v) is 4.35. The molecule has 0 saturated heterocycles. The minimum Gasteiger partial charge on any atom is -0.315 e. The van der Waals surface area contributed by atoms with Gasteiger partial charge in [0.15, 0.2) is 0 Å². The number of hydrazine groups is 1. The SMILES string of the molecule is CC1=C(C(C)(C)C)SNN1. The summed E-state index contributed by atoms with van der Waals surface area (Å²) < 4.78 is 0. The molecule has 2 N–H and O–H groups in total. The van der Waals surface area contributed by atoms with Gasteiger partial charge in [0.25, 0.3) is 0 Å². The zero-order valence-corrected chi connectivity index (χ0v) is 7.72. The molecule has 0 unspecified atom stereocenters. The standard InChI is InChI=1S/C7H14N2S/c1-5-6(7(2,3)4)10-9-8-5/h8-9H,1-4H3. The van der Waals surface area contributed by atoms with Crippen molar-refractivity contribution in [1.82, 2.24) is 10.3 Å². The lowest BCUT2D eigenvalue weighted by molar-refractivity contribution is 0.527. The van der Waals surface area contributed by atoms with Gasteiger partial charge in [0.05, 0.1) is 0 Å². The highest BCUT2D eigenvalue weighted by atomic mass is 32.2. The topological polar surface area (TPSA) is 24.1 Å². The van der Waals surface area contributed by atoms with Crippen molar-refractivity contribution in [3.8, 4) is 0 Å². The molecular formula is C7H14N2S. The Morgan fingerprint density at radius 2 is 1.90 bits per heavy atom. The largest absolute Gasteiger partial charge is 0.315 e. The fraction of sp³-hybridized carbons (Fsp3) is 0.714. The van der Waals surface area contributed by atoms with Crippen LogP contribution in [0.15, 0.2) is 10.6 Å². The van der Waals surface area contributed by atoms with E-state index in [0.29, 0.717) is 0 Å². The zero-order chi connectivity index (χ0) is 7.78. The van der Waals surface area contributed by atoms with Gasteiger partial charge in [0.1, 0.15) is 0 Å². The summed E-state index contributed by atoms with van der Waals surface area (Å²) in [6.45, 7) is 8.74. The van der Waals surface area contributed by atoms with Crippen molar-refractivity contribution in [1.29, 1.82) is 0 Å². The Morgan fingerprint density at radius 1 is 1.30 bits per heavy atom. The third kappa shape index (κ3) is 1.47. The second kappa shape index (κ2) is 2.47. The first-order chi connectivity index (χ1) is 4.52. The molecule has 0 amide bonds. The number of hydrogen-bond acceptors (Lipinski definition) is 3. The van der Waals surface area contributed by atoms with Gasteiger partial charge < -0.3 is 5.43 Å². The van der Waals surface area contributed by atoms with Gasteiger partial charge in [-0.15, -0.1) is 0 Å². The number of nitrogens with one attached hydrogen (secondary N) is 2. The molecule has 0 aromatic rings. The van der Waals surface area contributed by atoms with E-state index in [9.17, 15) is 0 Å². The molecule has 58 valence electrons. The summed E-state index contributed by atoms with van der Waals surface area (Å²) in [5.74, 6) is 0. The number of hydrogen-bond donors (Lipinski definition) is 2. The van der Waals surface area contributed by atoms with Crippen LogP contribution < -0.4 is 10.3 Å². The number of allylic oxidation sites excluding steroid dienone is 2. The lowest BCUT2D eigenvalue weighted by Crippen LogP contribution is -2.16. The van der Waals surface area contributed by atoms with Crippen molar-refractivity contribution in [2.24, 2.45) is 5.41 Å². The molecule has 1 rings (SSSR count). The average Bonchev–Trinajstić information content (AvgIpc) is 2.11. The van der Waals surface area contributed by atoms with E-state index in [1.807, 2.05) is 0 Å². The summed E-state index contributed by atoms with van der Waals surface area (Å²) in [5.41, 5.74) is 4.59. The van der Waals surface area contributed by atoms with Crippen molar-refractivity contribution in [2.75, 3.05) is 0 Å². The van der Waals surface area contributed by atoms with Crippen LogP contribution in [0.1, 0.15) is 27.7 Å². The molecule has 0 bridgehead atoms. The van der Waals surface area contributed by atoms with Crippen LogP contribution in [0.3, 0.4) is 0 Å². The summed E-state index contributed by atoms with van der Waals surface area (Å²) in [5, 5.41) is 0. The highest BCUT2D eigenvalue weighted by Gasteiger charge is 2.23. The van der Waals surface area contributed by atoms with Crippen molar-refractivity contribution in [2.45, 2.75) is 27.7 Å². The summed E-state index contributed by atoms with van der Waals surface area (Å²) in [7, 11) is 0. The van der Waals surface area contributed by atoms with Crippen LogP contribution in [-0.4, -0.2) is 0 Å². The normalized spacial score (nSPS) is 19.6. The van der Waals surface area contributed by atoms with E-state index in [-0.39, 0.29) is 5.41 Å².